The molecule has 98 valence electrons. The van der Waals surface area contributed by atoms with E-state index in [-0.39, 0.29) is 12.5 Å². The van der Waals surface area contributed by atoms with Crippen LogP contribution in [-0.4, -0.2) is 48.2 Å². The van der Waals surface area contributed by atoms with Crippen LogP contribution in [0.1, 0.15) is 32.6 Å². The number of rotatable bonds is 5. The zero-order chi connectivity index (χ0) is 12.3. The maximum absolute atomic E-state index is 11.5. The fraction of sp³-hybridized carbons (Fsp3) is 0.923. The number of amides is 1. The Labute approximate surface area is 103 Å². The molecule has 0 spiro atoms. The molecule has 2 unspecified atom stereocenters. The van der Waals surface area contributed by atoms with Gasteiger partial charge < -0.3 is 15.3 Å². The fourth-order valence-electron chi connectivity index (χ4n) is 2.87. The molecule has 1 saturated heterocycles. The number of carbonyl (C=O) groups excluding carboxylic acids is 1. The topological polar surface area (TPSA) is 52.6 Å². The summed E-state index contributed by atoms with van der Waals surface area (Å²) in [5, 5.41) is 12.2. The first-order chi connectivity index (χ1) is 8.19. The second-order valence-corrected chi connectivity index (χ2v) is 5.58. The number of carbonyl (C=O) groups is 1. The largest absolute Gasteiger partial charge is 0.395 e. The highest BCUT2D eigenvalue weighted by atomic mass is 16.3. The summed E-state index contributed by atoms with van der Waals surface area (Å²) in [6.07, 6.45) is 5.19. The lowest BCUT2D eigenvalue weighted by Crippen LogP contribution is -2.51. The molecule has 0 aromatic rings. The van der Waals surface area contributed by atoms with Gasteiger partial charge >= 0.3 is 0 Å². The molecular formula is C13H24N2O2. The van der Waals surface area contributed by atoms with Gasteiger partial charge in [0.25, 0.3) is 0 Å². The summed E-state index contributed by atoms with van der Waals surface area (Å²) < 4.78 is 0. The summed E-state index contributed by atoms with van der Waals surface area (Å²) in [5.41, 5.74) is 0. The van der Waals surface area contributed by atoms with Crippen molar-refractivity contribution in [2.45, 2.75) is 38.6 Å². The van der Waals surface area contributed by atoms with Crippen molar-refractivity contribution < 1.29 is 9.90 Å². The van der Waals surface area contributed by atoms with Crippen LogP contribution in [0.4, 0.5) is 0 Å². The number of likely N-dealkylation sites (tertiary alicyclic amines) is 1. The molecule has 4 heteroatoms. The Kier molecular flexibility index (Phi) is 4.40. The quantitative estimate of drug-likeness (QED) is 0.740. The van der Waals surface area contributed by atoms with Crippen molar-refractivity contribution in [1.82, 2.24) is 10.2 Å². The number of aliphatic hydroxyl groups is 1. The van der Waals surface area contributed by atoms with Gasteiger partial charge in [-0.2, -0.15) is 0 Å². The van der Waals surface area contributed by atoms with Gasteiger partial charge in [0.2, 0.25) is 5.91 Å². The summed E-state index contributed by atoms with van der Waals surface area (Å²) in [5.74, 6) is 1.75. The van der Waals surface area contributed by atoms with E-state index in [0.717, 1.165) is 25.4 Å². The molecule has 2 N–H and O–H groups in total. The molecule has 17 heavy (non-hydrogen) atoms. The average Bonchev–Trinajstić information content (AvgIpc) is 3.10. The van der Waals surface area contributed by atoms with Gasteiger partial charge in [0.1, 0.15) is 0 Å². The van der Waals surface area contributed by atoms with Crippen molar-refractivity contribution in [3.05, 3.63) is 0 Å². The van der Waals surface area contributed by atoms with Crippen molar-refractivity contribution in [2.24, 2.45) is 11.8 Å². The standard InChI is InChI=1S/C13H24N2O2/c1-10(17)15-8-12(6-11-2-3-11)7-13(9-15)14-4-5-16/h11-14,16H,2-9H2,1H3. The van der Waals surface area contributed by atoms with E-state index in [9.17, 15) is 4.79 Å². The molecule has 2 fully saturated rings. The highest BCUT2D eigenvalue weighted by Crippen LogP contribution is 2.37. The van der Waals surface area contributed by atoms with Crippen molar-refractivity contribution in [2.75, 3.05) is 26.2 Å². The van der Waals surface area contributed by atoms with Gasteiger partial charge in [-0.05, 0) is 24.7 Å². The summed E-state index contributed by atoms with van der Waals surface area (Å²) >= 11 is 0. The van der Waals surface area contributed by atoms with Gasteiger partial charge in [-0.25, -0.2) is 0 Å². The minimum absolute atomic E-state index is 0.170. The van der Waals surface area contributed by atoms with E-state index >= 15 is 0 Å². The molecule has 2 aliphatic rings. The Morgan fingerprint density at radius 3 is 2.71 bits per heavy atom. The second kappa shape index (κ2) is 5.83. The first-order valence-electron chi connectivity index (χ1n) is 6.78. The molecule has 0 aromatic heterocycles. The Bertz CT molecular complexity index is 266. The van der Waals surface area contributed by atoms with Gasteiger partial charge in [-0.15, -0.1) is 0 Å². The van der Waals surface area contributed by atoms with Crippen molar-refractivity contribution in [3.63, 3.8) is 0 Å². The van der Waals surface area contributed by atoms with Gasteiger partial charge in [0.15, 0.2) is 0 Å². The first-order valence-corrected chi connectivity index (χ1v) is 6.78. The number of piperidine rings is 1. The number of aliphatic hydroxyl groups excluding tert-OH is 1. The fourth-order valence-corrected chi connectivity index (χ4v) is 2.87. The van der Waals surface area contributed by atoms with Crippen molar-refractivity contribution in [1.29, 1.82) is 0 Å². The van der Waals surface area contributed by atoms with Gasteiger partial charge in [-0.3, -0.25) is 4.79 Å². The summed E-state index contributed by atoms with van der Waals surface area (Å²) in [6, 6.07) is 0.364. The molecule has 0 aromatic carbocycles. The predicted molar refractivity (Wildman–Crippen MR) is 66.6 cm³/mol. The number of nitrogens with one attached hydrogen (secondary N) is 1. The number of hydrogen-bond donors (Lipinski definition) is 2. The van der Waals surface area contributed by atoms with Crippen LogP contribution in [0.25, 0.3) is 0 Å². The zero-order valence-electron chi connectivity index (χ0n) is 10.7. The molecular weight excluding hydrogens is 216 g/mol. The number of nitrogens with zero attached hydrogens (tertiary/aromatic N) is 1. The minimum atomic E-state index is 0.170. The van der Waals surface area contributed by atoms with Crippen LogP contribution in [0.2, 0.25) is 0 Å². The van der Waals surface area contributed by atoms with Crippen molar-refractivity contribution >= 4 is 5.91 Å². The average molecular weight is 240 g/mol. The smallest absolute Gasteiger partial charge is 0.219 e. The molecule has 1 heterocycles. The SMILES string of the molecule is CC(=O)N1CC(CC2CC2)CC(NCCO)C1. The van der Waals surface area contributed by atoms with Crippen LogP contribution in [0.15, 0.2) is 0 Å². The Hall–Kier alpha value is -0.610. The van der Waals surface area contributed by atoms with E-state index in [1.165, 1.54) is 19.3 Å². The van der Waals surface area contributed by atoms with E-state index < -0.39 is 0 Å². The minimum Gasteiger partial charge on any atom is -0.395 e. The molecule has 0 radical (unpaired) electrons. The van der Waals surface area contributed by atoms with Crippen molar-refractivity contribution in [3.8, 4) is 0 Å². The maximum atomic E-state index is 11.5. The first kappa shape index (κ1) is 12.8. The summed E-state index contributed by atoms with van der Waals surface area (Å²) in [6.45, 7) is 4.19. The van der Waals surface area contributed by atoms with E-state index in [0.29, 0.717) is 18.5 Å². The summed E-state index contributed by atoms with van der Waals surface area (Å²) in [4.78, 5) is 13.5. The zero-order valence-corrected chi connectivity index (χ0v) is 10.7. The van der Waals surface area contributed by atoms with Crippen LogP contribution in [0.5, 0.6) is 0 Å². The third-order valence-electron chi connectivity index (χ3n) is 3.89. The molecule has 1 aliphatic carbocycles. The lowest BCUT2D eigenvalue weighted by atomic mass is 9.89. The predicted octanol–water partition coefficient (Wildman–Crippen LogP) is 0.605. The maximum Gasteiger partial charge on any atom is 0.219 e. The Morgan fingerprint density at radius 2 is 2.12 bits per heavy atom. The molecule has 4 nitrogen and oxygen atoms in total. The monoisotopic (exact) mass is 240 g/mol. The van der Waals surface area contributed by atoms with E-state index in [1.807, 2.05) is 4.90 Å². The Morgan fingerprint density at radius 1 is 1.35 bits per heavy atom. The highest BCUT2D eigenvalue weighted by molar-refractivity contribution is 5.73. The van der Waals surface area contributed by atoms with E-state index in [1.54, 1.807) is 6.92 Å². The van der Waals surface area contributed by atoms with E-state index in [2.05, 4.69) is 5.32 Å². The second-order valence-electron chi connectivity index (χ2n) is 5.58. The van der Waals surface area contributed by atoms with Crippen LogP contribution in [0.3, 0.4) is 0 Å². The third kappa shape index (κ3) is 3.96. The highest BCUT2D eigenvalue weighted by Gasteiger charge is 2.32. The van der Waals surface area contributed by atoms with Gasteiger partial charge in [-0.1, -0.05) is 12.8 Å². The van der Waals surface area contributed by atoms with Gasteiger partial charge in [0, 0.05) is 32.6 Å². The van der Waals surface area contributed by atoms with Crippen LogP contribution >= 0.6 is 0 Å². The lowest BCUT2D eigenvalue weighted by Gasteiger charge is -2.38. The molecule has 2 rings (SSSR count). The summed E-state index contributed by atoms with van der Waals surface area (Å²) in [7, 11) is 0. The van der Waals surface area contributed by atoms with E-state index in [4.69, 9.17) is 5.11 Å². The normalized spacial score (nSPS) is 29.4. The van der Waals surface area contributed by atoms with Crippen LogP contribution in [0, 0.1) is 11.8 Å². The third-order valence-corrected chi connectivity index (χ3v) is 3.89. The van der Waals surface area contributed by atoms with Crippen LogP contribution in [-0.2, 0) is 4.79 Å². The lowest BCUT2D eigenvalue weighted by molar-refractivity contribution is -0.131. The number of hydrogen-bond acceptors (Lipinski definition) is 3. The van der Waals surface area contributed by atoms with Crippen LogP contribution < -0.4 is 5.32 Å². The molecule has 1 saturated carbocycles. The molecule has 1 amide bonds. The molecule has 2 atom stereocenters. The van der Waals surface area contributed by atoms with Gasteiger partial charge in [0.05, 0.1) is 6.61 Å². The molecule has 1 aliphatic heterocycles. The molecule has 0 bridgehead atoms. The Balaban J connectivity index is 1.86.